The number of rotatable bonds is 6. The van der Waals surface area contributed by atoms with Gasteiger partial charge in [-0.15, -0.1) is 0 Å². The van der Waals surface area contributed by atoms with Crippen LogP contribution in [0, 0.1) is 0 Å². The zero-order valence-corrected chi connectivity index (χ0v) is 26.6. The van der Waals surface area contributed by atoms with E-state index >= 15 is 0 Å². The maximum Gasteiger partial charge on any atom is 0.161 e. The third-order valence-corrected chi connectivity index (χ3v) is 9.08. The Bertz CT molecular complexity index is 2460. The van der Waals surface area contributed by atoms with Gasteiger partial charge < -0.3 is 4.42 Å². The first-order chi connectivity index (χ1) is 24.3. The van der Waals surface area contributed by atoms with Crippen LogP contribution in [0.5, 0.6) is 0 Å². The molecule has 0 bridgehead atoms. The molecule has 3 nitrogen and oxygen atoms in total. The summed E-state index contributed by atoms with van der Waals surface area (Å²) in [6.07, 6.45) is 0. The monoisotopic (exact) mass is 626 g/mol. The first-order valence-electron chi connectivity index (χ1n) is 16.5. The van der Waals surface area contributed by atoms with Gasteiger partial charge in [0.15, 0.2) is 5.82 Å². The molecule has 0 atom stereocenters. The lowest BCUT2D eigenvalue weighted by Gasteiger charge is -2.11. The van der Waals surface area contributed by atoms with Gasteiger partial charge in [0, 0.05) is 27.5 Å². The van der Waals surface area contributed by atoms with E-state index in [1.54, 1.807) is 0 Å². The molecule has 0 fully saturated rings. The molecule has 0 aliphatic heterocycles. The Morgan fingerprint density at radius 3 is 1.35 bits per heavy atom. The lowest BCUT2D eigenvalue weighted by atomic mass is 9.93. The minimum Gasteiger partial charge on any atom is -0.456 e. The number of nitrogens with zero attached hydrogens (tertiary/aromatic N) is 2. The largest absolute Gasteiger partial charge is 0.456 e. The van der Waals surface area contributed by atoms with Gasteiger partial charge in [0.05, 0.1) is 11.4 Å². The summed E-state index contributed by atoms with van der Waals surface area (Å²) in [4.78, 5) is 10.3. The maximum absolute atomic E-state index is 6.58. The van der Waals surface area contributed by atoms with Crippen LogP contribution < -0.4 is 0 Å². The molecule has 49 heavy (non-hydrogen) atoms. The Morgan fingerprint density at radius 2 is 0.816 bits per heavy atom. The molecule has 230 valence electrons. The summed E-state index contributed by atoms with van der Waals surface area (Å²) >= 11 is 0. The van der Waals surface area contributed by atoms with E-state index in [1.165, 1.54) is 22.3 Å². The molecule has 0 unspecified atom stereocenters. The number of furan rings is 1. The van der Waals surface area contributed by atoms with Crippen LogP contribution in [-0.2, 0) is 0 Å². The van der Waals surface area contributed by atoms with Gasteiger partial charge in [0.25, 0.3) is 0 Å². The zero-order valence-electron chi connectivity index (χ0n) is 26.6. The van der Waals surface area contributed by atoms with Crippen molar-refractivity contribution in [1.82, 2.24) is 9.97 Å². The first-order valence-corrected chi connectivity index (χ1v) is 16.5. The molecule has 9 rings (SSSR count). The number of fused-ring (bicyclic) bond motifs is 3. The van der Waals surface area contributed by atoms with Crippen LogP contribution in [0.1, 0.15) is 0 Å². The van der Waals surface area contributed by atoms with Crippen molar-refractivity contribution >= 4 is 21.9 Å². The van der Waals surface area contributed by atoms with Crippen molar-refractivity contribution in [3.63, 3.8) is 0 Å². The van der Waals surface area contributed by atoms with E-state index in [2.05, 4.69) is 133 Å². The average molecular weight is 627 g/mol. The highest BCUT2D eigenvalue weighted by molar-refractivity contribution is 6.12. The second kappa shape index (κ2) is 12.2. The van der Waals surface area contributed by atoms with E-state index in [9.17, 15) is 0 Å². The number of benzene rings is 7. The van der Waals surface area contributed by atoms with Gasteiger partial charge >= 0.3 is 0 Å². The summed E-state index contributed by atoms with van der Waals surface area (Å²) in [5.41, 5.74) is 13.4. The molecule has 0 saturated carbocycles. The second-order valence-corrected chi connectivity index (χ2v) is 12.2. The number of hydrogen-bond acceptors (Lipinski definition) is 3. The van der Waals surface area contributed by atoms with Crippen LogP contribution in [0.25, 0.3) is 89.2 Å². The SMILES string of the molecule is c1ccc(-c2cc(-c3ccccc3)cc(-c3ccc4c(c3)oc3cccc(-c5nc(-c6ccccc6)cc(-c6ccccc6)n5)c34)c2)cc1. The molecule has 0 aliphatic carbocycles. The normalized spacial score (nSPS) is 11.3. The average Bonchev–Trinajstić information content (AvgIpc) is 3.57. The maximum atomic E-state index is 6.58. The van der Waals surface area contributed by atoms with Gasteiger partial charge in [-0.3, -0.25) is 0 Å². The molecule has 0 spiro atoms. The smallest absolute Gasteiger partial charge is 0.161 e. The third-order valence-electron chi connectivity index (χ3n) is 9.08. The van der Waals surface area contributed by atoms with Crippen LogP contribution in [0.15, 0.2) is 186 Å². The highest BCUT2D eigenvalue weighted by atomic mass is 16.3. The Balaban J connectivity index is 1.20. The minimum atomic E-state index is 0.667. The lowest BCUT2D eigenvalue weighted by Crippen LogP contribution is -1.96. The standard InChI is InChI=1S/C46H30N2O/c1-5-14-31(15-6-1)36-26-37(32-16-7-2-8-17-32)28-38(27-36)35-24-25-39-44(29-35)49-43-23-13-22-40(45(39)43)46-47-41(33-18-9-3-10-19-33)30-42(48-46)34-20-11-4-12-21-34/h1-30H. The van der Waals surface area contributed by atoms with Crippen molar-refractivity contribution in [1.29, 1.82) is 0 Å². The van der Waals surface area contributed by atoms with Crippen molar-refractivity contribution in [2.24, 2.45) is 0 Å². The molecule has 0 saturated heterocycles. The molecule has 0 aliphatic rings. The molecule has 3 heteroatoms. The van der Waals surface area contributed by atoms with Gasteiger partial charge in [-0.25, -0.2) is 9.97 Å². The molecule has 7 aromatic carbocycles. The number of hydrogen-bond donors (Lipinski definition) is 0. The van der Waals surface area contributed by atoms with Crippen LogP contribution in [0.2, 0.25) is 0 Å². The van der Waals surface area contributed by atoms with Crippen molar-refractivity contribution in [2.45, 2.75) is 0 Å². The van der Waals surface area contributed by atoms with Gasteiger partial charge in [-0.2, -0.15) is 0 Å². The molecule has 0 amide bonds. The van der Waals surface area contributed by atoms with Gasteiger partial charge in [-0.1, -0.05) is 140 Å². The fourth-order valence-electron chi connectivity index (χ4n) is 6.66. The van der Waals surface area contributed by atoms with E-state index in [0.29, 0.717) is 5.82 Å². The zero-order chi connectivity index (χ0) is 32.6. The Kier molecular flexibility index (Phi) is 7.14. The van der Waals surface area contributed by atoms with E-state index < -0.39 is 0 Å². The van der Waals surface area contributed by atoms with Crippen LogP contribution in [-0.4, -0.2) is 9.97 Å². The topological polar surface area (TPSA) is 38.9 Å². The quantitative estimate of drug-likeness (QED) is 0.184. The Labute approximate surface area is 284 Å². The summed E-state index contributed by atoms with van der Waals surface area (Å²) in [6.45, 7) is 0. The first kappa shape index (κ1) is 28.6. The van der Waals surface area contributed by atoms with Crippen LogP contribution in [0.4, 0.5) is 0 Å². The van der Waals surface area contributed by atoms with Crippen molar-refractivity contribution in [2.75, 3.05) is 0 Å². The van der Waals surface area contributed by atoms with E-state index in [1.807, 2.05) is 48.5 Å². The fourth-order valence-corrected chi connectivity index (χ4v) is 6.66. The summed E-state index contributed by atoms with van der Waals surface area (Å²) in [6, 6.07) is 63.3. The summed E-state index contributed by atoms with van der Waals surface area (Å²) in [7, 11) is 0. The summed E-state index contributed by atoms with van der Waals surface area (Å²) in [5, 5.41) is 2.04. The van der Waals surface area contributed by atoms with Crippen LogP contribution in [0.3, 0.4) is 0 Å². The van der Waals surface area contributed by atoms with Gasteiger partial charge in [0.2, 0.25) is 0 Å². The second-order valence-electron chi connectivity index (χ2n) is 12.2. The Morgan fingerprint density at radius 1 is 0.327 bits per heavy atom. The molecule has 9 aromatic rings. The highest BCUT2D eigenvalue weighted by Crippen LogP contribution is 2.40. The Hall–Kier alpha value is -6.58. The fraction of sp³-hybridized carbons (Fsp3) is 0. The van der Waals surface area contributed by atoms with Crippen molar-refractivity contribution < 1.29 is 4.42 Å². The van der Waals surface area contributed by atoms with E-state index in [0.717, 1.165) is 61.1 Å². The highest BCUT2D eigenvalue weighted by Gasteiger charge is 2.18. The summed E-state index contributed by atoms with van der Waals surface area (Å²) < 4.78 is 6.58. The minimum absolute atomic E-state index is 0.667. The van der Waals surface area contributed by atoms with Gasteiger partial charge in [0.1, 0.15) is 11.2 Å². The lowest BCUT2D eigenvalue weighted by molar-refractivity contribution is 0.669. The molecule has 2 aromatic heterocycles. The molecule has 0 N–H and O–H groups in total. The van der Waals surface area contributed by atoms with Crippen molar-refractivity contribution in [3.8, 4) is 67.3 Å². The predicted octanol–water partition coefficient (Wildman–Crippen LogP) is 12.4. The van der Waals surface area contributed by atoms with Crippen molar-refractivity contribution in [3.05, 3.63) is 182 Å². The van der Waals surface area contributed by atoms with Gasteiger partial charge in [-0.05, 0) is 75.8 Å². The molecule has 2 heterocycles. The predicted molar refractivity (Wildman–Crippen MR) is 202 cm³/mol. The van der Waals surface area contributed by atoms with E-state index in [-0.39, 0.29) is 0 Å². The molecular weight excluding hydrogens is 597 g/mol. The van der Waals surface area contributed by atoms with Crippen LogP contribution >= 0.6 is 0 Å². The molecular formula is C46H30N2O. The summed E-state index contributed by atoms with van der Waals surface area (Å²) in [5.74, 6) is 0.667. The molecule has 0 radical (unpaired) electrons. The van der Waals surface area contributed by atoms with E-state index in [4.69, 9.17) is 14.4 Å². The third kappa shape index (κ3) is 5.48. The number of aromatic nitrogens is 2.